The Hall–Kier alpha value is -1.01. The van der Waals surface area contributed by atoms with Crippen LogP contribution in [0.1, 0.15) is 52.7 Å². The van der Waals surface area contributed by atoms with Crippen LogP contribution in [0.15, 0.2) is 16.6 Å². The Morgan fingerprint density at radius 3 is 2.11 bits per heavy atom. The fraction of sp³-hybridized carbons (Fsp3) is 0.562. The van der Waals surface area contributed by atoms with Crippen molar-refractivity contribution in [2.24, 2.45) is 0 Å². The summed E-state index contributed by atoms with van der Waals surface area (Å²) in [6.45, 7) is 13.1. The van der Waals surface area contributed by atoms with Gasteiger partial charge >= 0.3 is 0 Å². The van der Waals surface area contributed by atoms with Crippen LogP contribution in [-0.4, -0.2) is 6.61 Å². The molecule has 19 heavy (non-hydrogen) atoms. The SMILES string of the molecule is CC(C)(C)c1cc(Br)c(OCC#N)c(C(C)(C)C)c1. The summed E-state index contributed by atoms with van der Waals surface area (Å²) >= 11 is 3.58. The molecule has 104 valence electrons. The first-order chi connectivity index (χ1) is 8.57. The quantitative estimate of drug-likeness (QED) is 0.771. The number of ether oxygens (including phenoxy) is 1. The van der Waals surface area contributed by atoms with E-state index in [0.29, 0.717) is 0 Å². The lowest BCUT2D eigenvalue weighted by Gasteiger charge is -2.28. The first kappa shape index (κ1) is 16.0. The molecule has 1 aromatic rings. The van der Waals surface area contributed by atoms with Crippen molar-refractivity contribution in [1.29, 1.82) is 5.26 Å². The Balaban J connectivity index is 3.45. The Bertz CT molecular complexity index is 501. The van der Waals surface area contributed by atoms with Crippen LogP contribution < -0.4 is 4.74 Å². The van der Waals surface area contributed by atoms with E-state index in [1.807, 2.05) is 6.07 Å². The first-order valence-corrected chi connectivity index (χ1v) is 7.21. The maximum atomic E-state index is 8.71. The molecular formula is C16H22BrNO. The highest BCUT2D eigenvalue weighted by Crippen LogP contribution is 2.40. The van der Waals surface area contributed by atoms with Crippen molar-refractivity contribution in [2.45, 2.75) is 52.4 Å². The molecule has 0 aliphatic heterocycles. The van der Waals surface area contributed by atoms with Gasteiger partial charge in [0.1, 0.15) is 11.8 Å². The Kier molecular flexibility index (Phi) is 4.68. The maximum Gasteiger partial charge on any atom is 0.174 e. The van der Waals surface area contributed by atoms with Gasteiger partial charge in [-0.2, -0.15) is 5.26 Å². The lowest BCUT2D eigenvalue weighted by molar-refractivity contribution is 0.352. The van der Waals surface area contributed by atoms with Crippen LogP contribution in [0.4, 0.5) is 0 Å². The maximum absolute atomic E-state index is 8.71. The fourth-order valence-electron chi connectivity index (χ4n) is 1.83. The first-order valence-electron chi connectivity index (χ1n) is 6.41. The molecule has 0 spiro atoms. The highest BCUT2D eigenvalue weighted by atomic mass is 79.9. The standard InChI is InChI=1S/C16H22BrNO/c1-15(2,3)11-9-12(16(4,5)6)14(13(17)10-11)19-8-7-18/h9-10H,8H2,1-6H3. The number of benzene rings is 1. The summed E-state index contributed by atoms with van der Waals surface area (Å²) in [6, 6.07) is 6.30. The van der Waals surface area contributed by atoms with Gasteiger partial charge in [0, 0.05) is 5.56 Å². The second kappa shape index (κ2) is 5.54. The molecule has 3 heteroatoms. The van der Waals surface area contributed by atoms with Crippen molar-refractivity contribution in [2.75, 3.05) is 6.61 Å². The normalized spacial score (nSPS) is 12.1. The lowest BCUT2D eigenvalue weighted by Crippen LogP contribution is -2.18. The van der Waals surface area contributed by atoms with Crippen molar-refractivity contribution in [3.63, 3.8) is 0 Å². The number of nitrogens with zero attached hydrogens (tertiary/aromatic N) is 1. The van der Waals surface area contributed by atoms with Gasteiger partial charge in [0.15, 0.2) is 6.61 Å². The van der Waals surface area contributed by atoms with Gasteiger partial charge in [0.05, 0.1) is 4.47 Å². The van der Waals surface area contributed by atoms with E-state index in [4.69, 9.17) is 10.00 Å². The Morgan fingerprint density at radius 1 is 1.11 bits per heavy atom. The predicted octanol–water partition coefficient (Wildman–Crippen LogP) is 4.95. The third-order valence-electron chi connectivity index (χ3n) is 3.00. The topological polar surface area (TPSA) is 33.0 Å². The summed E-state index contributed by atoms with van der Waals surface area (Å²) in [7, 11) is 0. The number of hydrogen-bond donors (Lipinski definition) is 0. The molecule has 0 unspecified atom stereocenters. The van der Waals surface area contributed by atoms with Crippen molar-refractivity contribution in [3.8, 4) is 11.8 Å². The molecule has 0 fully saturated rings. The third kappa shape index (κ3) is 3.98. The van der Waals surface area contributed by atoms with Gasteiger partial charge in [-0.25, -0.2) is 0 Å². The van der Waals surface area contributed by atoms with E-state index in [1.165, 1.54) is 5.56 Å². The number of hydrogen-bond acceptors (Lipinski definition) is 2. The minimum atomic E-state index is -0.0332. The van der Waals surface area contributed by atoms with Crippen LogP contribution in [-0.2, 0) is 10.8 Å². The van der Waals surface area contributed by atoms with Gasteiger partial charge < -0.3 is 4.74 Å². The van der Waals surface area contributed by atoms with E-state index in [2.05, 4.69) is 69.6 Å². The molecule has 0 aliphatic carbocycles. The predicted molar refractivity (Wildman–Crippen MR) is 82.7 cm³/mol. The second-order valence-corrected chi connectivity index (χ2v) is 7.64. The van der Waals surface area contributed by atoms with Crippen molar-refractivity contribution in [1.82, 2.24) is 0 Å². The molecule has 0 heterocycles. The van der Waals surface area contributed by atoms with Gasteiger partial charge in [0.25, 0.3) is 0 Å². The minimum absolute atomic E-state index is 0.0332. The number of nitriles is 1. The fourth-order valence-corrected chi connectivity index (χ4v) is 2.41. The summed E-state index contributed by atoms with van der Waals surface area (Å²) in [5.74, 6) is 0.780. The summed E-state index contributed by atoms with van der Waals surface area (Å²) in [6.07, 6.45) is 0. The van der Waals surface area contributed by atoms with Crippen LogP contribution in [0.25, 0.3) is 0 Å². The monoisotopic (exact) mass is 323 g/mol. The van der Waals surface area contributed by atoms with E-state index < -0.39 is 0 Å². The summed E-state index contributed by atoms with van der Waals surface area (Å²) < 4.78 is 6.52. The van der Waals surface area contributed by atoms with Crippen molar-refractivity contribution in [3.05, 3.63) is 27.7 Å². The molecule has 0 radical (unpaired) electrons. The highest BCUT2D eigenvalue weighted by Gasteiger charge is 2.25. The van der Waals surface area contributed by atoms with Crippen LogP contribution in [0.3, 0.4) is 0 Å². The van der Waals surface area contributed by atoms with Gasteiger partial charge in [-0.05, 0) is 38.4 Å². The average molecular weight is 324 g/mol. The lowest BCUT2D eigenvalue weighted by atomic mass is 9.80. The highest BCUT2D eigenvalue weighted by molar-refractivity contribution is 9.10. The summed E-state index contributed by atoms with van der Waals surface area (Å²) in [5, 5.41) is 8.71. The van der Waals surface area contributed by atoms with Crippen LogP contribution in [0.2, 0.25) is 0 Å². The van der Waals surface area contributed by atoms with Gasteiger partial charge in [-0.15, -0.1) is 0 Å². The summed E-state index contributed by atoms with van der Waals surface area (Å²) in [4.78, 5) is 0. The molecule has 0 bridgehead atoms. The zero-order valence-corrected chi connectivity index (χ0v) is 14.2. The van der Waals surface area contributed by atoms with Gasteiger partial charge in [-0.1, -0.05) is 47.6 Å². The Morgan fingerprint density at radius 2 is 1.68 bits per heavy atom. The van der Waals surface area contributed by atoms with Gasteiger partial charge in [0.2, 0.25) is 0 Å². The third-order valence-corrected chi connectivity index (χ3v) is 3.59. The smallest absolute Gasteiger partial charge is 0.174 e. The van der Waals surface area contributed by atoms with Gasteiger partial charge in [-0.3, -0.25) is 0 Å². The molecule has 0 saturated heterocycles. The molecule has 1 rings (SSSR count). The van der Waals surface area contributed by atoms with E-state index in [-0.39, 0.29) is 17.4 Å². The minimum Gasteiger partial charge on any atom is -0.477 e. The van der Waals surface area contributed by atoms with E-state index in [9.17, 15) is 0 Å². The molecule has 0 amide bonds. The molecule has 0 saturated carbocycles. The van der Waals surface area contributed by atoms with Crippen LogP contribution in [0, 0.1) is 11.3 Å². The van der Waals surface area contributed by atoms with Crippen molar-refractivity contribution < 1.29 is 4.74 Å². The van der Waals surface area contributed by atoms with Crippen LogP contribution >= 0.6 is 15.9 Å². The Labute approximate surface area is 124 Å². The molecule has 0 aromatic heterocycles. The number of rotatable bonds is 2. The van der Waals surface area contributed by atoms with E-state index >= 15 is 0 Å². The van der Waals surface area contributed by atoms with Crippen molar-refractivity contribution >= 4 is 15.9 Å². The summed E-state index contributed by atoms with van der Waals surface area (Å²) in [5.41, 5.74) is 2.43. The molecule has 0 N–H and O–H groups in total. The van der Waals surface area contributed by atoms with E-state index in [1.54, 1.807) is 0 Å². The van der Waals surface area contributed by atoms with Crippen LogP contribution in [0.5, 0.6) is 5.75 Å². The molecule has 0 atom stereocenters. The average Bonchev–Trinajstić information content (AvgIpc) is 2.23. The molecular weight excluding hydrogens is 302 g/mol. The largest absolute Gasteiger partial charge is 0.477 e. The zero-order chi connectivity index (χ0) is 14.8. The second-order valence-electron chi connectivity index (χ2n) is 6.78. The molecule has 1 aromatic carbocycles. The zero-order valence-electron chi connectivity index (χ0n) is 12.6. The number of halogens is 1. The molecule has 2 nitrogen and oxygen atoms in total. The molecule has 0 aliphatic rings. The van der Waals surface area contributed by atoms with E-state index in [0.717, 1.165) is 15.8 Å².